The van der Waals surface area contributed by atoms with Gasteiger partial charge in [0.25, 0.3) is 0 Å². The number of ether oxygens (including phenoxy) is 4. The van der Waals surface area contributed by atoms with Crippen molar-refractivity contribution in [1.29, 1.82) is 0 Å². The second kappa shape index (κ2) is 10.3. The van der Waals surface area contributed by atoms with Crippen LogP contribution in [-0.4, -0.2) is 46.8 Å². The maximum absolute atomic E-state index is 5.63. The highest BCUT2D eigenvalue weighted by atomic mass is 16.6. The first-order valence-electron chi connectivity index (χ1n) is 7.60. The van der Waals surface area contributed by atoms with E-state index in [1.165, 1.54) is 16.3 Å². The molecule has 0 heterocycles. The summed E-state index contributed by atoms with van der Waals surface area (Å²) in [7, 11) is 1.66. The maximum Gasteiger partial charge on any atom is 0.0718 e. The van der Waals surface area contributed by atoms with Crippen LogP contribution in [0.15, 0.2) is 42.5 Å². The van der Waals surface area contributed by atoms with Gasteiger partial charge in [-0.15, -0.1) is 0 Å². The Labute approximate surface area is 131 Å². The van der Waals surface area contributed by atoms with Gasteiger partial charge in [0.2, 0.25) is 0 Å². The summed E-state index contributed by atoms with van der Waals surface area (Å²) in [5, 5.41) is 2.50. The fourth-order valence-corrected chi connectivity index (χ4v) is 2.10. The minimum absolute atomic E-state index is 0.585. The number of fused-ring (bicyclic) bond motifs is 1. The molecule has 0 saturated carbocycles. The van der Waals surface area contributed by atoms with Gasteiger partial charge in [0.15, 0.2) is 0 Å². The van der Waals surface area contributed by atoms with Crippen LogP contribution < -0.4 is 0 Å². The first-order valence-corrected chi connectivity index (χ1v) is 7.60. The molecule has 0 atom stereocenters. The van der Waals surface area contributed by atoms with Crippen LogP contribution in [0.4, 0.5) is 0 Å². The molecule has 0 unspecified atom stereocenters. The van der Waals surface area contributed by atoms with E-state index < -0.39 is 0 Å². The number of hydrogen-bond acceptors (Lipinski definition) is 4. The molecular weight excluding hydrogens is 280 g/mol. The zero-order chi connectivity index (χ0) is 15.5. The van der Waals surface area contributed by atoms with Crippen LogP contribution in [-0.2, 0) is 25.6 Å². The smallest absolute Gasteiger partial charge is 0.0718 e. The molecule has 0 amide bonds. The van der Waals surface area contributed by atoms with Crippen LogP contribution in [0.1, 0.15) is 5.56 Å². The van der Waals surface area contributed by atoms with E-state index in [9.17, 15) is 0 Å². The van der Waals surface area contributed by atoms with E-state index in [0.29, 0.717) is 46.2 Å². The molecule has 0 saturated heterocycles. The lowest BCUT2D eigenvalue weighted by Gasteiger charge is -2.07. The fourth-order valence-electron chi connectivity index (χ4n) is 2.10. The van der Waals surface area contributed by atoms with Crippen LogP contribution in [0.3, 0.4) is 0 Å². The molecule has 0 fully saturated rings. The van der Waals surface area contributed by atoms with Crippen LogP contribution in [0.5, 0.6) is 0 Å². The van der Waals surface area contributed by atoms with E-state index in [2.05, 4.69) is 42.5 Å². The largest absolute Gasteiger partial charge is 0.382 e. The summed E-state index contributed by atoms with van der Waals surface area (Å²) < 4.78 is 21.2. The summed E-state index contributed by atoms with van der Waals surface area (Å²) >= 11 is 0. The average Bonchev–Trinajstić information content (AvgIpc) is 2.56. The van der Waals surface area contributed by atoms with Crippen LogP contribution in [0.25, 0.3) is 10.8 Å². The van der Waals surface area contributed by atoms with Crippen molar-refractivity contribution in [2.75, 3.05) is 46.8 Å². The Balaban J connectivity index is 1.54. The molecule has 2 aromatic rings. The van der Waals surface area contributed by atoms with Crippen LogP contribution in [0.2, 0.25) is 0 Å². The Morgan fingerprint density at radius 1 is 0.682 bits per heavy atom. The van der Waals surface area contributed by atoms with Crippen molar-refractivity contribution < 1.29 is 18.9 Å². The first-order chi connectivity index (χ1) is 10.9. The standard InChI is InChI=1S/C18H24O4/c1-19-8-9-20-10-11-21-12-13-22-15-16-6-7-17-4-2-3-5-18(17)14-16/h2-7,14H,8-13,15H2,1H3. The van der Waals surface area contributed by atoms with E-state index in [4.69, 9.17) is 18.9 Å². The van der Waals surface area contributed by atoms with Crippen molar-refractivity contribution in [3.63, 3.8) is 0 Å². The van der Waals surface area contributed by atoms with Gasteiger partial charge in [-0.2, -0.15) is 0 Å². The van der Waals surface area contributed by atoms with E-state index >= 15 is 0 Å². The highest BCUT2D eigenvalue weighted by Crippen LogP contribution is 2.16. The lowest BCUT2D eigenvalue weighted by Crippen LogP contribution is -2.11. The SMILES string of the molecule is COCCOCCOCCOCc1ccc2ccccc2c1. The number of benzene rings is 2. The van der Waals surface area contributed by atoms with Crippen molar-refractivity contribution >= 4 is 10.8 Å². The average molecular weight is 304 g/mol. The fraction of sp³-hybridized carbons (Fsp3) is 0.444. The molecule has 0 aliphatic carbocycles. The Morgan fingerprint density at radius 2 is 1.32 bits per heavy atom. The molecule has 22 heavy (non-hydrogen) atoms. The quantitative estimate of drug-likeness (QED) is 0.598. The molecular formula is C18H24O4. The van der Waals surface area contributed by atoms with Crippen molar-refractivity contribution in [1.82, 2.24) is 0 Å². The second-order valence-corrected chi connectivity index (χ2v) is 4.95. The predicted octanol–water partition coefficient (Wildman–Crippen LogP) is 3.04. The van der Waals surface area contributed by atoms with Gasteiger partial charge in [0.1, 0.15) is 0 Å². The Kier molecular flexibility index (Phi) is 7.91. The van der Waals surface area contributed by atoms with Gasteiger partial charge in [0.05, 0.1) is 46.2 Å². The topological polar surface area (TPSA) is 36.9 Å². The predicted molar refractivity (Wildman–Crippen MR) is 87.1 cm³/mol. The van der Waals surface area contributed by atoms with Crippen LogP contribution in [0, 0.1) is 0 Å². The molecule has 0 aliphatic rings. The third kappa shape index (κ3) is 6.12. The van der Waals surface area contributed by atoms with Gasteiger partial charge in [-0.3, -0.25) is 0 Å². The molecule has 120 valence electrons. The van der Waals surface area contributed by atoms with Gasteiger partial charge in [-0.05, 0) is 22.4 Å². The minimum atomic E-state index is 0.585. The maximum atomic E-state index is 5.63. The molecule has 0 aliphatic heterocycles. The van der Waals surface area contributed by atoms with E-state index in [1.807, 2.05) is 0 Å². The van der Waals surface area contributed by atoms with Gasteiger partial charge in [-0.1, -0.05) is 36.4 Å². The number of rotatable bonds is 11. The summed E-state index contributed by atoms with van der Waals surface area (Å²) in [5.41, 5.74) is 1.18. The Hall–Kier alpha value is -1.46. The minimum Gasteiger partial charge on any atom is -0.382 e. The van der Waals surface area contributed by atoms with Crippen molar-refractivity contribution in [2.45, 2.75) is 6.61 Å². The van der Waals surface area contributed by atoms with E-state index in [-0.39, 0.29) is 0 Å². The first kappa shape index (κ1) is 16.9. The molecule has 4 nitrogen and oxygen atoms in total. The molecule has 0 spiro atoms. The molecule has 0 N–H and O–H groups in total. The summed E-state index contributed by atoms with van der Waals surface area (Å²) in [4.78, 5) is 0. The molecule has 0 radical (unpaired) electrons. The molecule has 0 bridgehead atoms. The highest BCUT2D eigenvalue weighted by Gasteiger charge is 1.97. The Morgan fingerprint density at radius 3 is 2.05 bits per heavy atom. The lowest BCUT2D eigenvalue weighted by atomic mass is 10.1. The van der Waals surface area contributed by atoms with Crippen molar-refractivity contribution in [2.24, 2.45) is 0 Å². The zero-order valence-electron chi connectivity index (χ0n) is 13.1. The van der Waals surface area contributed by atoms with E-state index in [1.54, 1.807) is 7.11 Å². The summed E-state index contributed by atoms with van der Waals surface area (Å²) in [6, 6.07) is 14.7. The van der Waals surface area contributed by atoms with Gasteiger partial charge in [-0.25, -0.2) is 0 Å². The highest BCUT2D eigenvalue weighted by molar-refractivity contribution is 5.82. The lowest BCUT2D eigenvalue weighted by molar-refractivity contribution is 0.000881. The molecule has 2 aromatic carbocycles. The number of methoxy groups -OCH3 is 1. The third-order valence-corrected chi connectivity index (χ3v) is 3.26. The van der Waals surface area contributed by atoms with Crippen molar-refractivity contribution in [3.05, 3.63) is 48.0 Å². The normalized spacial score (nSPS) is 11.1. The monoisotopic (exact) mass is 304 g/mol. The van der Waals surface area contributed by atoms with Gasteiger partial charge < -0.3 is 18.9 Å². The van der Waals surface area contributed by atoms with Gasteiger partial charge >= 0.3 is 0 Å². The van der Waals surface area contributed by atoms with E-state index in [0.717, 1.165) is 0 Å². The zero-order valence-corrected chi connectivity index (χ0v) is 13.1. The van der Waals surface area contributed by atoms with Crippen molar-refractivity contribution in [3.8, 4) is 0 Å². The summed E-state index contributed by atoms with van der Waals surface area (Å²) in [6.07, 6.45) is 0. The van der Waals surface area contributed by atoms with Crippen LogP contribution >= 0.6 is 0 Å². The molecule has 0 aromatic heterocycles. The van der Waals surface area contributed by atoms with Gasteiger partial charge in [0, 0.05) is 7.11 Å². The molecule has 4 heteroatoms. The Bertz CT molecular complexity index is 541. The third-order valence-electron chi connectivity index (χ3n) is 3.26. The summed E-state index contributed by atoms with van der Waals surface area (Å²) in [5.74, 6) is 0. The molecule has 2 rings (SSSR count). The number of hydrogen-bond donors (Lipinski definition) is 0. The summed E-state index contributed by atoms with van der Waals surface area (Å²) in [6.45, 7) is 4.19. The second-order valence-electron chi connectivity index (χ2n) is 4.95.